The molecular weight excluding hydrogens is 286 g/mol. The first-order valence-electron chi connectivity index (χ1n) is 9.14. The van der Waals surface area contributed by atoms with Crippen LogP contribution in [0.2, 0.25) is 0 Å². The van der Waals surface area contributed by atoms with E-state index in [2.05, 4.69) is 31.2 Å². The number of fused-ring (bicyclic) bond motifs is 1. The first-order valence-corrected chi connectivity index (χ1v) is 9.14. The Kier molecular flexibility index (Phi) is 5.05. The van der Waals surface area contributed by atoms with Crippen LogP contribution in [0.3, 0.4) is 0 Å². The maximum absolute atomic E-state index is 12.7. The second-order valence-corrected chi connectivity index (χ2v) is 7.38. The normalized spacial score (nSPS) is 23.4. The molecule has 3 rings (SSSR count). The van der Waals surface area contributed by atoms with Crippen molar-refractivity contribution in [2.45, 2.75) is 57.8 Å². The standard InChI is InChI=1S/C20H29NO2/c1-2-20(15-22)10-12-21(13-11-20)19(23)14-17-8-5-7-16-6-3-4-9-18(16)17/h3-4,6,9,17,22H,2,5,7-8,10-15H2,1H3. The summed E-state index contributed by atoms with van der Waals surface area (Å²) in [5, 5.41) is 9.63. The molecule has 0 saturated carbocycles. The van der Waals surface area contributed by atoms with E-state index in [-0.39, 0.29) is 12.0 Å². The highest BCUT2D eigenvalue weighted by atomic mass is 16.3. The minimum Gasteiger partial charge on any atom is -0.396 e. The number of aliphatic hydroxyl groups excluding tert-OH is 1. The van der Waals surface area contributed by atoms with Gasteiger partial charge in [-0.2, -0.15) is 0 Å². The van der Waals surface area contributed by atoms with Crippen molar-refractivity contribution in [2.24, 2.45) is 5.41 Å². The number of aliphatic hydroxyl groups is 1. The van der Waals surface area contributed by atoms with E-state index in [4.69, 9.17) is 0 Å². The Morgan fingerprint density at radius 2 is 2.04 bits per heavy atom. The zero-order chi connectivity index (χ0) is 16.3. The Labute approximate surface area is 139 Å². The van der Waals surface area contributed by atoms with E-state index in [0.717, 1.165) is 45.2 Å². The number of likely N-dealkylation sites (tertiary alicyclic amines) is 1. The number of hydrogen-bond donors (Lipinski definition) is 1. The lowest BCUT2D eigenvalue weighted by Crippen LogP contribution is -2.44. The average Bonchev–Trinajstić information content (AvgIpc) is 2.62. The molecule has 1 amide bonds. The molecule has 126 valence electrons. The van der Waals surface area contributed by atoms with Gasteiger partial charge in [0.05, 0.1) is 0 Å². The van der Waals surface area contributed by atoms with Gasteiger partial charge in [0.15, 0.2) is 0 Å². The number of carbonyl (C=O) groups excluding carboxylic acids is 1. The van der Waals surface area contributed by atoms with Crippen molar-refractivity contribution in [2.75, 3.05) is 19.7 Å². The SMILES string of the molecule is CCC1(CO)CCN(C(=O)CC2CCCc3ccccc32)CC1. The van der Waals surface area contributed by atoms with Crippen LogP contribution >= 0.6 is 0 Å². The first-order chi connectivity index (χ1) is 11.2. The number of amides is 1. The molecule has 1 heterocycles. The van der Waals surface area contributed by atoms with Crippen LogP contribution in [0, 0.1) is 5.41 Å². The quantitative estimate of drug-likeness (QED) is 0.923. The predicted molar refractivity (Wildman–Crippen MR) is 92.4 cm³/mol. The Balaban J connectivity index is 1.61. The molecular formula is C20H29NO2. The molecule has 23 heavy (non-hydrogen) atoms. The van der Waals surface area contributed by atoms with Gasteiger partial charge in [-0.15, -0.1) is 0 Å². The summed E-state index contributed by atoms with van der Waals surface area (Å²) in [7, 11) is 0. The summed E-state index contributed by atoms with van der Waals surface area (Å²) in [4.78, 5) is 14.8. The monoisotopic (exact) mass is 315 g/mol. The fourth-order valence-electron chi connectivity index (χ4n) is 4.26. The van der Waals surface area contributed by atoms with Crippen LogP contribution in [0.15, 0.2) is 24.3 Å². The highest BCUT2D eigenvalue weighted by molar-refractivity contribution is 5.77. The van der Waals surface area contributed by atoms with Gasteiger partial charge < -0.3 is 10.0 Å². The lowest BCUT2D eigenvalue weighted by molar-refractivity contribution is -0.134. The van der Waals surface area contributed by atoms with Gasteiger partial charge in [0.25, 0.3) is 0 Å². The largest absolute Gasteiger partial charge is 0.396 e. The third-order valence-electron chi connectivity index (χ3n) is 6.18. The van der Waals surface area contributed by atoms with Crippen molar-refractivity contribution in [3.8, 4) is 0 Å². The van der Waals surface area contributed by atoms with Crippen LogP contribution in [-0.4, -0.2) is 35.6 Å². The number of rotatable bonds is 4. The minimum atomic E-state index is 0.0498. The van der Waals surface area contributed by atoms with E-state index in [1.807, 2.05) is 4.90 Å². The second-order valence-electron chi connectivity index (χ2n) is 7.38. The van der Waals surface area contributed by atoms with Crippen LogP contribution in [0.25, 0.3) is 0 Å². The molecule has 1 aromatic rings. The summed E-state index contributed by atoms with van der Waals surface area (Å²) in [5.41, 5.74) is 2.87. The lowest BCUT2D eigenvalue weighted by Gasteiger charge is -2.40. The van der Waals surface area contributed by atoms with Crippen molar-refractivity contribution in [3.05, 3.63) is 35.4 Å². The fourth-order valence-corrected chi connectivity index (χ4v) is 4.26. The van der Waals surface area contributed by atoms with E-state index in [9.17, 15) is 9.90 Å². The van der Waals surface area contributed by atoms with E-state index in [1.54, 1.807) is 0 Å². The Morgan fingerprint density at radius 1 is 1.30 bits per heavy atom. The van der Waals surface area contributed by atoms with Crippen LogP contribution < -0.4 is 0 Å². The van der Waals surface area contributed by atoms with Gasteiger partial charge in [-0.1, -0.05) is 31.2 Å². The molecule has 1 unspecified atom stereocenters. The third-order valence-corrected chi connectivity index (χ3v) is 6.18. The van der Waals surface area contributed by atoms with E-state index >= 15 is 0 Å². The number of piperidine rings is 1. The summed E-state index contributed by atoms with van der Waals surface area (Å²) in [5.74, 6) is 0.692. The Bertz CT molecular complexity index is 540. The second kappa shape index (κ2) is 7.04. The summed E-state index contributed by atoms with van der Waals surface area (Å²) < 4.78 is 0. The molecule has 3 heteroatoms. The van der Waals surface area contributed by atoms with Crippen LogP contribution in [0.1, 0.15) is 62.5 Å². The predicted octanol–water partition coefficient (Wildman–Crippen LogP) is 3.51. The number of carbonyl (C=O) groups is 1. The molecule has 1 N–H and O–H groups in total. The fraction of sp³-hybridized carbons (Fsp3) is 0.650. The molecule has 1 saturated heterocycles. The van der Waals surface area contributed by atoms with Crippen LogP contribution in [-0.2, 0) is 11.2 Å². The smallest absolute Gasteiger partial charge is 0.223 e. The van der Waals surface area contributed by atoms with Crippen molar-refractivity contribution in [1.82, 2.24) is 4.90 Å². The van der Waals surface area contributed by atoms with Gasteiger partial charge in [0.2, 0.25) is 5.91 Å². The Morgan fingerprint density at radius 3 is 2.74 bits per heavy atom. The van der Waals surface area contributed by atoms with Crippen molar-refractivity contribution >= 4 is 5.91 Å². The van der Waals surface area contributed by atoms with Gasteiger partial charge in [-0.05, 0) is 61.0 Å². The Hall–Kier alpha value is -1.35. The number of nitrogens with zero attached hydrogens (tertiary/aromatic N) is 1. The summed E-state index contributed by atoms with van der Waals surface area (Å²) in [6.45, 7) is 4.01. The summed E-state index contributed by atoms with van der Waals surface area (Å²) >= 11 is 0. The number of hydrogen-bond acceptors (Lipinski definition) is 2. The molecule has 3 nitrogen and oxygen atoms in total. The summed E-state index contributed by atoms with van der Waals surface area (Å²) in [6.07, 6.45) is 7.00. The van der Waals surface area contributed by atoms with Crippen LogP contribution in [0.5, 0.6) is 0 Å². The van der Waals surface area contributed by atoms with E-state index < -0.39 is 0 Å². The lowest BCUT2D eigenvalue weighted by atomic mass is 9.76. The van der Waals surface area contributed by atoms with Crippen molar-refractivity contribution < 1.29 is 9.90 Å². The maximum Gasteiger partial charge on any atom is 0.223 e. The first kappa shape index (κ1) is 16.5. The van der Waals surface area contributed by atoms with Gasteiger partial charge >= 0.3 is 0 Å². The highest BCUT2D eigenvalue weighted by Crippen LogP contribution is 2.37. The maximum atomic E-state index is 12.7. The van der Waals surface area contributed by atoms with Crippen molar-refractivity contribution in [3.63, 3.8) is 0 Å². The topological polar surface area (TPSA) is 40.5 Å². The molecule has 2 aliphatic rings. The van der Waals surface area contributed by atoms with Gasteiger partial charge in [0, 0.05) is 26.1 Å². The minimum absolute atomic E-state index is 0.0498. The average molecular weight is 315 g/mol. The zero-order valence-electron chi connectivity index (χ0n) is 14.3. The molecule has 1 aromatic carbocycles. The molecule has 0 spiro atoms. The molecule has 1 aliphatic carbocycles. The number of benzene rings is 1. The van der Waals surface area contributed by atoms with E-state index in [1.165, 1.54) is 17.5 Å². The van der Waals surface area contributed by atoms with Gasteiger partial charge in [0.1, 0.15) is 0 Å². The summed E-state index contributed by atoms with van der Waals surface area (Å²) in [6, 6.07) is 8.62. The molecule has 1 aliphatic heterocycles. The van der Waals surface area contributed by atoms with E-state index in [0.29, 0.717) is 18.2 Å². The molecule has 1 fully saturated rings. The third kappa shape index (κ3) is 3.45. The molecule has 0 aromatic heterocycles. The zero-order valence-corrected chi connectivity index (χ0v) is 14.3. The molecule has 0 bridgehead atoms. The highest BCUT2D eigenvalue weighted by Gasteiger charge is 2.34. The number of aryl methyl sites for hydroxylation is 1. The van der Waals surface area contributed by atoms with Crippen molar-refractivity contribution in [1.29, 1.82) is 0 Å². The van der Waals surface area contributed by atoms with Gasteiger partial charge in [-0.3, -0.25) is 4.79 Å². The van der Waals surface area contributed by atoms with Gasteiger partial charge in [-0.25, -0.2) is 0 Å². The molecule has 1 atom stereocenters. The van der Waals surface area contributed by atoms with Crippen LogP contribution in [0.4, 0.5) is 0 Å². The molecule has 0 radical (unpaired) electrons.